The Morgan fingerprint density at radius 2 is 2.00 bits per heavy atom. The Morgan fingerprint density at radius 1 is 1.15 bits per heavy atom. The molecule has 0 unspecified atom stereocenters. The lowest BCUT2D eigenvalue weighted by atomic mass is 10.3. The molecule has 0 amide bonds. The zero-order valence-corrected chi connectivity index (χ0v) is 14.9. The van der Waals surface area contributed by atoms with Gasteiger partial charge in [0.05, 0.1) is 20.3 Å². The van der Waals surface area contributed by atoms with Crippen LogP contribution in [0.5, 0.6) is 0 Å². The second-order valence-corrected chi connectivity index (χ2v) is 7.47. The van der Waals surface area contributed by atoms with Gasteiger partial charge in [-0.25, -0.2) is 9.55 Å². The largest absolute Gasteiger partial charge is 0.236 e. The van der Waals surface area contributed by atoms with E-state index in [-0.39, 0.29) is 0 Å². The van der Waals surface area contributed by atoms with Crippen molar-refractivity contribution >= 4 is 53.4 Å². The summed E-state index contributed by atoms with van der Waals surface area (Å²) in [6, 6.07) is 8.33. The minimum Gasteiger partial charge on any atom is -0.236 e. The van der Waals surface area contributed by atoms with Crippen molar-refractivity contribution in [2.24, 2.45) is 0 Å². The van der Waals surface area contributed by atoms with E-state index >= 15 is 0 Å². The van der Waals surface area contributed by atoms with Crippen LogP contribution in [0.15, 0.2) is 45.6 Å². The summed E-state index contributed by atoms with van der Waals surface area (Å²) in [4.78, 5) is 4.73. The maximum atomic E-state index is 4.73. The van der Waals surface area contributed by atoms with E-state index in [4.69, 9.17) is 4.98 Å². The first-order valence-corrected chi connectivity index (χ1v) is 8.82. The molecule has 1 aromatic carbocycles. The number of aryl methyl sites for hydroxylation is 1. The lowest BCUT2D eigenvalue weighted by Crippen LogP contribution is -2.32. The van der Waals surface area contributed by atoms with Crippen molar-refractivity contribution in [2.75, 3.05) is 0 Å². The number of pyridine rings is 1. The van der Waals surface area contributed by atoms with Crippen LogP contribution in [0.1, 0.15) is 13.3 Å². The van der Waals surface area contributed by atoms with Gasteiger partial charge in [-0.05, 0) is 40.2 Å². The molecule has 2 nitrogen and oxygen atoms in total. The van der Waals surface area contributed by atoms with Gasteiger partial charge in [-0.15, -0.1) is 11.3 Å². The fourth-order valence-corrected chi connectivity index (χ4v) is 4.13. The number of hydrogen-bond donors (Lipinski definition) is 0. The summed E-state index contributed by atoms with van der Waals surface area (Å²) in [5, 5.41) is 1.06. The molecule has 102 valence electrons. The fourth-order valence-electron chi connectivity index (χ4n) is 2.12. The molecule has 0 fully saturated rings. The van der Waals surface area contributed by atoms with E-state index in [2.05, 4.69) is 73.9 Å². The Hall–Kier alpha value is -0.780. The van der Waals surface area contributed by atoms with Gasteiger partial charge in [0, 0.05) is 10.9 Å². The molecule has 0 atom stereocenters. The highest BCUT2D eigenvalue weighted by molar-refractivity contribution is 9.10. The minimum atomic E-state index is 1.02. The quantitative estimate of drug-likeness (QED) is 0.541. The molecule has 0 aliphatic rings. The SMILES string of the molecule is CCC[n+]1cc(Br)cc(-c2nc3ccc(Br)cc3s2)c1. The number of fused-ring (bicyclic) bond motifs is 1. The first-order chi connectivity index (χ1) is 9.65. The second-order valence-electron chi connectivity index (χ2n) is 4.61. The first-order valence-electron chi connectivity index (χ1n) is 6.42. The van der Waals surface area contributed by atoms with Crippen LogP contribution >= 0.6 is 43.2 Å². The summed E-state index contributed by atoms with van der Waals surface area (Å²) in [6.45, 7) is 3.20. The summed E-state index contributed by atoms with van der Waals surface area (Å²) in [5.41, 5.74) is 2.21. The summed E-state index contributed by atoms with van der Waals surface area (Å²) in [7, 11) is 0. The average Bonchev–Trinajstić information content (AvgIpc) is 2.81. The maximum absolute atomic E-state index is 4.73. The number of halogens is 2. The van der Waals surface area contributed by atoms with Gasteiger partial charge < -0.3 is 0 Å². The van der Waals surface area contributed by atoms with Gasteiger partial charge in [0.25, 0.3) is 0 Å². The topological polar surface area (TPSA) is 16.8 Å². The molecule has 0 saturated carbocycles. The van der Waals surface area contributed by atoms with E-state index in [0.29, 0.717) is 0 Å². The van der Waals surface area contributed by atoms with Gasteiger partial charge in [-0.3, -0.25) is 0 Å². The van der Waals surface area contributed by atoms with Gasteiger partial charge in [0.2, 0.25) is 0 Å². The lowest BCUT2D eigenvalue weighted by molar-refractivity contribution is -0.697. The number of thiazole rings is 1. The molecular weight excluding hydrogens is 400 g/mol. The standard InChI is InChI=1S/C15H13Br2N2S/c1-2-5-19-8-10(6-12(17)9-19)15-18-13-4-3-11(16)7-14(13)20-15/h3-4,6-9H,2,5H2,1H3/q+1. The van der Waals surface area contributed by atoms with Crippen molar-refractivity contribution < 1.29 is 4.57 Å². The van der Waals surface area contributed by atoms with Crippen LogP contribution in [-0.4, -0.2) is 4.98 Å². The average molecular weight is 413 g/mol. The fraction of sp³-hybridized carbons (Fsp3) is 0.200. The Bertz CT molecular complexity index is 768. The third-order valence-corrected chi connectivity index (χ3v) is 4.96. The van der Waals surface area contributed by atoms with E-state index in [9.17, 15) is 0 Å². The molecule has 2 aromatic heterocycles. The molecule has 0 saturated heterocycles. The van der Waals surface area contributed by atoms with E-state index in [1.165, 1.54) is 4.70 Å². The van der Waals surface area contributed by atoms with Crippen LogP contribution in [0.25, 0.3) is 20.8 Å². The smallest absolute Gasteiger partial charge is 0.183 e. The molecule has 0 aliphatic heterocycles. The zero-order valence-electron chi connectivity index (χ0n) is 10.9. The molecule has 3 rings (SSSR count). The predicted molar refractivity (Wildman–Crippen MR) is 90.9 cm³/mol. The Morgan fingerprint density at radius 3 is 2.80 bits per heavy atom. The van der Waals surface area contributed by atoms with Crippen molar-refractivity contribution in [3.8, 4) is 10.6 Å². The summed E-state index contributed by atoms with van der Waals surface area (Å²) < 4.78 is 5.59. The van der Waals surface area contributed by atoms with E-state index < -0.39 is 0 Å². The summed E-state index contributed by atoms with van der Waals surface area (Å²) in [5.74, 6) is 0. The molecule has 2 heterocycles. The van der Waals surface area contributed by atoms with Crippen LogP contribution in [0.4, 0.5) is 0 Å². The van der Waals surface area contributed by atoms with Crippen molar-refractivity contribution in [1.82, 2.24) is 4.98 Å². The van der Waals surface area contributed by atoms with Gasteiger partial charge in [-0.1, -0.05) is 22.9 Å². The van der Waals surface area contributed by atoms with E-state index in [1.54, 1.807) is 11.3 Å². The second kappa shape index (κ2) is 5.92. The van der Waals surface area contributed by atoms with Crippen LogP contribution in [0.2, 0.25) is 0 Å². The number of rotatable bonds is 3. The Kier molecular flexibility index (Phi) is 4.19. The van der Waals surface area contributed by atoms with Gasteiger partial charge in [0.15, 0.2) is 12.4 Å². The molecule has 0 bridgehead atoms. The van der Waals surface area contributed by atoms with Gasteiger partial charge >= 0.3 is 0 Å². The molecule has 0 aliphatic carbocycles. The van der Waals surface area contributed by atoms with Crippen LogP contribution < -0.4 is 4.57 Å². The Labute approximate surface area is 138 Å². The highest BCUT2D eigenvalue weighted by atomic mass is 79.9. The van der Waals surface area contributed by atoms with Crippen LogP contribution in [0.3, 0.4) is 0 Å². The number of benzene rings is 1. The normalized spacial score (nSPS) is 11.2. The van der Waals surface area contributed by atoms with Gasteiger partial charge in [-0.2, -0.15) is 0 Å². The lowest BCUT2D eigenvalue weighted by Gasteiger charge is -1.98. The molecule has 0 radical (unpaired) electrons. The summed E-state index contributed by atoms with van der Waals surface area (Å²) >= 11 is 8.82. The minimum absolute atomic E-state index is 1.02. The van der Waals surface area contributed by atoms with Crippen molar-refractivity contribution in [3.05, 3.63) is 45.6 Å². The van der Waals surface area contributed by atoms with E-state index in [0.717, 1.165) is 38.0 Å². The monoisotopic (exact) mass is 411 g/mol. The molecule has 3 aromatic rings. The van der Waals surface area contributed by atoms with Crippen molar-refractivity contribution in [2.45, 2.75) is 19.9 Å². The molecular formula is C15H13Br2N2S+. The Balaban J connectivity index is 2.10. The predicted octanol–water partition coefficient (Wildman–Crippen LogP) is 5.19. The molecule has 0 spiro atoms. The van der Waals surface area contributed by atoms with Crippen LogP contribution in [0, 0.1) is 0 Å². The first kappa shape index (κ1) is 14.2. The van der Waals surface area contributed by atoms with Gasteiger partial charge in [0.1, 0.15) is 11.6 Å². The van der Waals surface area contributed by atoms with Crippen molar-refractivity contribution in [3.63, 3.8) is 0 Å². The molecule has 20 heavy (non-hydrogen) atoms. The third kappa shape index (κ3) is 2.95. The number of aromatic nitrogens is 2. The highest BCUT2D eigenvalue weighted by Gasteiger charge is 2.12. The number of nitrogens with zero attached hydrogens (tertiary/aromatic N) is 2. The van der Waals surface area contributed by atoms with Crippen LogP contribution in [-0.2, 0) is 6.54 Å². The number of hydrogen-bond acceptors (Lipinski definition) is 2. The molecule has 5 heteroatoms. The summed E-state index contributed by atoms with van der Waals surface area (Å²) in [6.07, 6.45) is 5.39. The zero-order chi connectivity index (χ0) is 14.1. The highest BCUT2D eigenvalue weighted by Crippen LogP contribution is 2.32. The molecule has 0 N–H and O–H groups in total. The van der Waals surface area contributed by atoms with Crippen molar-refractivity contribution in [1.29, 1.82) is 0 Å². The third-order valence-electron chi connectivity index (χ3n) is 2.97. The van der Waals surface area contributed by atoms with E-state index in [1.807, 2.05) is 6.07 Å². The maximum Gasteiger partial charge on any atom is 0.183 e.